The van der Waals surface area contributed by atoms with Gasteiger partial charge in [-0.15, -0.1) is 24.0 Å². The fraction of sp³-hybridized carbons (Fsp3) is 0.300. The molecule has 1 unspecified atom stereocenters. The summed E-state index contributed by atoms with van der Waals surface area (Å²) >= 11 is 12.2. The lowest BCUT2D eigenvalue weighted by Gasteiger charge is -2.19. The predicted molar refractivity (Wildman–Crippen MR) is 128 cm³/mol. The zero-order valence-electron chi connectivity index (χ0n) is 16.3. The summed E-state index contributed by atoms with van der Waals surface area (Å²) in [5, 5.41) is 7.79. The van der Waals surface area contributed by atoms with E-state index in [0.29, 0.717) is 28.1 Å². The summed E-state index contributed by atoms with van der Waals surface area (Å²) in [4.78, 5) is 17.7. The Kier molecular flexibility index (Phi) is 10.1. The van der Waals surface area contributed by atoms with Crippen LogP contribution >= 0.6 is 47.2 Å². The molecule has 152 valence electrons. The second kappa shape index (κ2) is 11.5. The van der Waals surface area contributed by atoms with E-state index in [9.17, 15) is 4.79 Å². The van der Waals surface area contributed by atoms with Crippen molar-refractivity contribution in [3.8, 4) is 0 Å². The highest BCUT2D eigenvalue weighted by atomic mass is 127. The maximum atomic E-state index is 11.9. The Hall–Kier alpha value is -1.51. The smallest absolute Gasteiger partial charge is 0.253 e. The van der Waals surface area contributed by atoms with Gasteiger partial charge in [-0.05, 0) is 42.3 Å². The maximum Gasteiger partial charge on any atom is 0.253 e. The van der Waals surface area contributed by atoms with E-state index in [0.717, 1.165) is 11.1 Å². The van der Waals surface area contributed by atoms with Crippen LogP contribution in [-0.4, -0.2) is 37.9 Å². The zero-order chi connectivity index (χ0) is 20.0. The van der Waals surface area contributed by atoms with E-state index in [4.69, 9.17) is 23.2 Å². The van der Waals surface area contributed by atoms with E-state index in [1.54, 1.807) is 32.1 Å². The minimum atomic E-state index is -0.0407. The largest absolute Gasteiger partial charge is 0.352 e. The Labute approximate surface area is 193 Å². The molecule has 1 atom stereocenters. The average molecular weight is 535 g/mol. The standard InChI is InChI=1S/C20H24Cl2N4O.HI/c1-13(17-10-9-16(21)11-18(17)22)25-20(23-2)24-12-14-5-7-15(8-6-14)19(27)26(3)4;/h5-11,13H,12H2,1-4H3,(H2,23,24,25);1H. The molecule has 0 aliphatic rings. The number of nitrogens with zero attached hydrogens (tertiary/aromatic N) is 2. The van der Waals surface area contributed by atoms with Crippen molar-refractivity contribution >= 4 is 59.0 Å². The molecule has 0 heterocycles. The molecule has 0 spiro atoms. The van der Waals surface area contributed by atoms with Crippen LogP contribution in [0.25, 0.3) is 0 Å². The van der Waals surface area contributed by atoms with Crippen LogP contribution in [0, 0.1) is 0 Å². The minimum absolute atomic E-state index is 0. The van der Waals surface area contributed by atoms with Gasteiger partial charge in [0.15, 0.2) is 5.96 Å². The summed E-state index contributed by atoms with van der Waals surface area (Å²) in [6.45, 7) is 2.58. The number of hydrogen-bond acceptors (Lipinski definition) is 2. The third kappa shape index (κ3) is 6.83. The molecule has 5 nitrogen and oxygen atoms in total. The van der Waals surface area contributed by atoms with Crippen molar-refractivity contribution in [2.75, 3.05) is 21.1 Å². The number of nitrogens with one attached hydrogen (secondary N) is 2. The summed E-state index contributed by atoms with van der Waals surface area (Å²) in [5.41, 5.74) is 2.65. The van der Waals surface area contributed by atoms with E-state index < -0.39 is 0 Å². The minimum Gasteiger partial charge on any atom is -0.352 e. The van der Waals surface area contributed by atoms with Crippen molar-refractivity contribution in [2.24, 2.45) is 4.99 Å². The molecule has 0 aromatic heterocycles. The topological polar surface area (TPSA) is 56.7 Å². The van der Waals surface area contributed by atoms with Gasteiger partial charge in [-0.1, -0.05) is 41.4 Å². The lowest BCUT2D eigenvalue weighted by Crippen LogP contribution is -2.38. The van der Waals surface area contributed by atoms with Crippen LogP contribution in [-0.2, 0) is 6.54 Å². The van der Waals surface area contributed by atoms with Gasteiger partial charge < -0.3 is 15.5 Å². The number of amides is 1. The molecule has 28 heavy (non-hydrogen) atoms. The number of benzene rings is 2. The SMILES string of the molecule is CN=C(NCc1ccc(C(=O)N(C)C)cc1)NC(C)c1ccc(Cl)cc1Cl.I. The molecule has 2 aromatic rings. The van der Waals surface area contributed by atoms with Gasteiger partial charge in [0.25, 0.3) is 5.91 Å². The quantitative estimate of drug-likeness (QED) is 0.331. The zero-order valence-corrected chi connectivity index (χ0v) is 20.1. The van der Waals surface area contributed by atoms with Gasteiger partial charge in [0, 0.05) is 43.3 Å². The van der Waals surface area contributed by atoms with Crippen molar-refractivity contribution < 1.29 is 4.79 Å². The molecule has 2 aromatic carbocycles. The van der Waals surface area contributed by atoms with E-state index in [-0.39, 0.29) is 35.9 Å². The third-order valence-corrected chi connectivity index (χ3v) is 4.64. The van der Waals surface area contributed by atoms with Crippen LogP contribution in [0.3, 0.4) is 0 Å². The summed E-state index contributed by atoms with van der Waals surface area (Å²) in [6, 6.07) is 12.9. The first-order valence-corrected chi connectivity index (χ1v) is 9.30. The molecule has 0 saturated heterocycles. The lowest BCUT2D eigenvalue weighted by atomic mass is 10.1. The van der Waals surface area contributed by atoms with Crippen LogP contribution in [0.5, 0.6) is 0 Å². The van der Waals surface area contributed by atoms with Gasteiger partial charge in [-0.2, -0.15) is 0 Å². The van der Waals surface area contributed by atoms with E-state index in [1.165, 1.54) is 0 Å². The molecule has 2 rings (SSSR count). The Morgan fingerprint density at radius 2 is 1.79 bits per heavy atom. The normalized spacial score (nSPS) is 12.0. The van der Waals surface area contributed by atoms with Gasteiger partial charge in [-0.3, -0.25) is 9.79 Å². The van der Waals surface area contributed by atoms with Crippen LogP contribution in [0.15, 0.2) is 47.5 Å². The van der Waals surface area contributed by atoms with Crippen LogP contribution < -0.4 is 10.6 Å². The summed E-state index contributed by atoms with van der Waals surface area (Å²) in [7, 11) is 5.19. The molecule has 0 saturated carbocycles. The van der Waals surface area contributed by atoms with Crippen molar-refractivity contribution in [3.05, 3.63) is 69.2 Å². The molecule has 2 N–H and O–H groups in total. The van der Waals surface area contributed by atoms with E-state index >= 15 is 0 Å². The molecule has 0 radical (unpaired) electrons. The fourth-order valence-electron chi connectivity index (χ4n) is 2.54. The Balaban J connectivity index is 0.00000392. The number of aliphatic imine (C=N–C) groups is 1. The molecule has 0 aliphatic heterocycles. The predicted octanol–water partition coefficient (Wildman–Crippen LogP) is 4.74. The van der Waals surface area contributed by atoms with Gasteiger partial charge in [-0.25, -0.2) is 0 Å². The Morgan fingerprint density at radius 1 is 1.14 bits per heavy atom. The summed E-state index contributed by atoms with van der Waals surface area (Å²) < 4.78 is 0. The average Bonchev–Trinajstić information content (AvgIpc) is 2.64. The van der Waals surface area contributed by atoms with Gasteiger partial charge >= 0.3 is 0 Å². The number of carbonyl (C=O) groups is 1. The van der Waals surface area contributed by atoms with Crippen LogP contribution in [0.4, 0.5) is 0 Å². The van der Waals surface area contributed by atoms with Crippen molar-refractivity contribution in [1.82, 2.24) is 15.5 Å². The Bertz CT molecular complexity index is 825. The second-order valence-electron chi connectivity index (χ2n) is 6.35. The molecular formula is C20H25Cl2IN4O. The number of carbonyl (C=O) groups excluding carboxylic acids is 1. The monoisotopic (exact) mass is 534 g/mol. The second-order valence-corrected chi connectivity index (χ2v) is 7.20. The molecular weight excluding hydrogens is 510 g/mol. The highest BCUT2D eigenvalue weighted by Crippen LogP contribution is 2.26. The van der Waals surface area contributed by atoms with E-state index in [1.807, 2.05) is 43.3 Å². The highest BCUT2D eigenvalue weighted by molar-refractivity contribution is 14.0. The molecule has 0 aliphatic carbocycles. The third-order valence-electron chi connectivity index (χ3n) is 4.07. The first-order chi connectivity index (χ1) is 12.8. The fourth-order valence-corrected chi connectivity index (χ4v) is 3.11. The first-order valence-electron chi connectivity index (χ1n) is 8.54. The van der Waals surface area contributed by atoms with Crippen molar-refractivity contribution in [3.63, 3.8) is 0 Å². The van der Waals surface area contributed by atoms with Crippen molar-refractivity contribution in [1.29, 1.82) is 0 Å². The molecule has 0 bridgehead atoms. The van der Waals surface area contributed by atoms with Crippen LogP contribution in [0.1, 0.15) is 34.5 Å². The maximum absolute atomic E-state index is 11.9. The number of guanidine groups is 1. The van der Waals surface area contributed by atoms with Crippen molar-refractivity contribution in [2.45, 2.75) is 19.5 Å². The molecule has 1 amide bonds. The number of hydrogen-bond donors (Lipinski definition) is 2. The van der Waals surface area contributed by atoms with Gasteiger partial charge in [0.2, 0.25) is 0 Å². The lowest BCUT2D eigenvalue weighted by molar-refractivity contribution is 0.0827. The molecule has 8 heteroatoms. The summed E-state index contributed by atoms with van der Waals surface area (Å²) in [5.74, 6) is 0.641. The highest BCUT2D eigenvalue weighted by Gasteiger charge is 2.12. The molecule has 0 fully saturated rings. The first kappa shape index (κ1) is 24.5. The van der Waals surface area contributed by atoms with Crippen LogP contribution in [0.2, 0.25) is 10.0 Å². The van der Waals surface area contributed by atoms with E-state index in [2.05, 4.69) is 15.6 Å². The summed E-state index contributed by atoms with van der Waals surface area (Å²) in [6.07, 6.45) is 0. The number of halogens is 3. The number of rotatable bonds is 5. The van der Waals surface area contributed by atoms with Gasteiger partial charge in [0.05, 0.1) is 6.04 Å². The van der Waals surface area contributed by atoms with Gasteiger partial charge in [0.1, 0.15) is 0 Å². The Morgan fingerprint density at radius 3 is 2.32 bits per heavy atom.